The highest BCUT2D eigenvalue weighted by Crippen LogP contribution is 2.51. The number of ether oxygens (including phenoxy) is 1. The van der Waals surface area contributed by atoms with Crippen molar-refractivity contribution in [3.8, 4) is 5.75 Å². The molecule has 0 aliphatic carbocycles. The Morgan fingerprint density at radius 2 is 1.77 bits per heavy atom. The van der Waals surface area contributed by atoms with E-state index in [-0.39, 0.29) is 18.4 Å². The summed E-state index contributed by atoms with van der Waals surface area (Å²) in [6.07, 6.45) is -4.04. The Balaban J connectivity index is 1.70. The van der Waals surface area contributed by atoms with Crippen molar-refractivity contribution in [3.05, 3.63) is 65.1 Å². The number of rotatable bonds is 5. The first-order valence-corrected chi connectivity index (χ1v) is 10.1. The molecule has 0 saturated heterocycles. The minimum Gasteiger partial charge on any atom is -0.493 e. The van der Waals surface area contributed by atoms with Gasteiger partial charge in [0.05, 0.1) is 17.5 Å². The fourth-order valence-corrected chi connectivity index (χ4v) is 4.77. The molecule has 0 radical (unpaired) electrons. The summed E-state index contributed by atoms with van der Waals surface area (Å²) in [7, 11) is 0. The molecule has 30 heavy (non-hydrogen) atoms. The lowest BCUT2D eigenvalue weighted by Crippen LogP contribution is -2.42. The van der Waals surface area contributed by atoms with Gasteiger partial charge in [-0.15, -0.1) is 0 Å². The zero-order chi connectivity index (χ0) is 21.7. The van der Waals surface area contributed by atoms with Crippen molar-refractivity contribution >= 4 is 10.9 Å². The molecule has 2 heterocycles. The van der Waals surface area contributed by atoms with Crippen molar-refractivity contribution in [3.63, 3.8) is 0 Å². The number of para-hydroxylation sites is 2. The molecule has 3 aromatic rings. The molecule has 0 spiro atoms. The minimum absolute atomic E-state index is 0.124. The molecular weight excluding hydrogens is 394 g/mol. The van der Waals surface area contributed by atoms with E-state index < -0.39 is 22.8 Å². The Labute approximate surface area is 173 Å². The van der Waals surface area contributed by atoms with Gasteiger partial charge in [0.1, 0.15) is 11.6 Å². The van der Waals surface area contributed by atoms with E-state index in [0.29, 0.717) is 17.7 Å². The summed E-state index contributed by atoms with van der Waals surface area (Å²) >= 11 is 0. The van der Waals surface area contributed by atoms with Gasteiger partial charge in [-0.1, -0.05) is 51.1 Å². The van der Waals surface area contributed by atoms with Crippen molar-refractivity contribution in [1.29, 1.82) is 0 Å². The first kappa shape index (κ1) is 20.8. The van der Waals surface area contributed by atoms with E-state index in [1.165, 1.54) is 13.0 Å². The van der Waals surface area contributed by atoms with Crippen LogP contribution >= 0.6 is 0 Å². The van der Waals surface area contributed by atoms with Gasteiger partial charge in [0.25, 0.3) is 0 Å². The van der Waals surface area contributed by atoms with Crippen LogP contribution in [0.4, 0.5) is 17.6 Å². The van der Waals surface area contributed by atoms with Gasteiger partial charge < -0.3 is 9.72 Å². The normalized spacial score (nSPS) is 16.4. The van der Waals surface area contributed by atoms with Crippen LogP contribution in [-0.4, -0.2) is 17.8 Å². The lowest BCUT2D eigenvalue weighted by molar-refractivity contribution is -0.224. The van der Waals surface area contributed by atoms with Gasteiger partial charge in [-0.05, 0) is 29.5 Å². The molecule has 0 bridgehead atoms. The molecule has 1 aliphatic heterocycles. The van der Waals surface area contributed by atoms with Crippen LogP contribution in [0.15, 0.2) is 42.5 Å². The predicted molar refractivity (Wildman–Crippen MR) is 109 cm³/mol. The molecular formula is C24H25F4NO. The average molecular weight is 419 g/mol. The molecule has 160 valence electrons. The highest BCUT2D eigenvalue weighted by atomic mass is 19.4. The number of hydrogen-bond donors (Lipinski definition) is 1. The maximum absolute atomic E-state index is 14.3. The number of aromatic nitrogens is 1. The first-order chi connectivity index (χ1) is 14.0. The van der Waals surface area contributed by atoms with E-state index in [0.717, 1.165) is 23.3 Å². The number of halogens is 4. The monoisotopic (exact) mass is 419 g/mol. The van der Waals surface area contributed by atoms with E-state index in [1.807, 2.05) is 32.0 Å². The zero-order valence-electron chi connectivity index (χ0n) is 17.3. The number of aromatic amines is 1. The molecule has 0 fully saturated rings. The van der Waals surface area contributed by atoms with Crippen LogP contribution < -0.4 is 4.74 Å². The lowest BCUT2D eigenvalue weighted by atomic mass is 9.68. The number of fused-ring (bicyclic) bond motifs is 2. The number of nitrogens with one attached hydrogen (secondary N) is 1. The summed E-state index contributed by atoms with van der Waals surface area (Å²) in [5.74, 6) is 0.254. The maximum Gasteiger partial charge on any atom is 0.394 e. The number of hydrogen-bond acceptors (Lipinski definition) is 1. The van der Waals surface area contributed by atoms with Gasteiger partial charge in [-0.25, -0.2) is 4.39 Å². The van der Waals surface area contributed by atoms with Crippen LogP contribution in [0.2, 0.25) is 0 Å². The molecule has 1 atom stereocenters. The third-order valence-electron chi connectivity index (χ3n) is 6.20. The molecule has 2 nitrogen and oxygen atoms in total. The highest BCUT2D eigenvalue weighted by molar-refractivity contribution is 5.80. The molecule has 0 amide bonds. The molecule has 6 heteroatoms. The van der Waals surface area contributed by atoms with E-state index in [4.69, 9.17) is 4.74 Å². The lowest BCUT2D eigenvalue weighted by Gasteiger charge is -2.39. The van der Waals surface area contributed by atoms with Crippen molar-refractivity contribution in [2.45, 2.75) is 51.6 Å². The summed E-state index contributed by atoms with van der Waals surface area (Å²) in [6.45, 7) is 5.47. The molecule has 1 aromatic heterocycles. The Morgan fingerprint density at radius 1 is 1.03 bits per heavy atom. The van der Waals surface area contributed by atoms with E-state index in [9.17, 15) is 17.6 Å². The predicted octanol–water partition coefficient (Wildman–Crippen LogP) is 6.72. The van der Waals surface area contributed by atoms with Gasteiger partial charge in [0.2, 0.25) is 0 Å². The Bertz CT molecular complexity index is 1080. The van der Waals surface area contributed by atoms with Crippen molar-refractivity contribution in [2.75, 3.05) is 6.61 Å². The van der Waals surface area contributed by atoms with Gasteiger partial charge in [0, 0.05) is 29.5 Å². The molecule has 1 aliphatic rings. The van der Waals surface area contributed by atoms with Gasteiger partial charge in [0.15, 0.2) is 0 Å². The topological polar surface area (TPSA) is 25.0 Å². The first-order valence-electron chi connectivity index (χ1n) is 10.1. The standard InChI is InChI=1S/C24H25F4NO/c1-22(2,18-8-4-6-15-10-11-30-21(15)18)14-23(3,24(26,27)28)13-17-12-16-7-5-9-19(25)20(16)29-17/h4-9,12,29H,10-11,13-14H2,1-3H3. The minimum atomic E-state index is -4.43. The molecule has 4 rings (SSSR count). The molecule has 1 unspecified atom stereocenters. The Morgan fingerprint density at radius 3 is 2.47 bits per heavy atom. The Hall–Kier alpha value is -2.50. The number of benzene rings is 2. The van der Waals surface area contributed by atoms with Crippen LogP contribution in [0, 0.1) is 11.2 Å². The van der Waals surface area contributed by atoms with Crippen LogP contribution in [0.1, 0.15) is 44.0 Å². The average Bonchev–Trinajstić information content (AvgIpc) is 3.26. The largest absolute Gasteiger partial charge is 0.493 e. The van der Waals surface area contributed by atoms with Gasteiger partial charge in [-0.2, -0.15) is 13.2 Å². The molecule has 1 N–H and O–H groups in total. The second kappa shape index (κ2) is 7.03. The summed E-state index contributed by atoms with van der Waals surface area (Å²) in [5.41, 5.74) is -0.311. The number of alkyl halides is 3. The van der Waals surface area contributed by atoms with Crippen molar-refractivity contribution in [2.24, 2.45) is 5.41 Å². The van der Waals surface area contributed by atoms with Crippen LogP contribution in [0.3, 0.4) is 0 Å². The third-order valence-corrected chi connectivity index (χ3v) is 6.20. The van der Waals surface area contributed by atoms with E-state index in [2.05, 4.69) is 4.98 Å². The van der Waals surface area contributed by atoms with Gasteiger partial charge >= 0.3 is 6.18 Å². The molecule has 0 saturated carbocycles. The number of H-pyrrole nitrogens is 1. The third kappa shape index (κ3) is 3.57. The maximum atomic E-state index is 14.3. The second-order valence-electron chi connectivity index (χ2n) is 9.19. The van der Waals surface area contributed by atoms with Gasteiger partial charge in [-0.3, -0.25) is 0 Å². The van der Waals surface area contributed by atoms with Crippen LogP contribution in [0.5, 0.6) is 5.75 Å². The summed E-state index contributed by atoms with van der Waals surface area (Å²) in [4.78, 5) is 2.86. The van der Waals surface area contributed by atoms with E-state index in [1.54, 1.807) is 18.2 Å². The SMILES string of the molecule is CC(C)(CC(C)(Cc1cc2cccc(F)c2[nH]1)C(F)(F)F)c1cccc2c1OCC2. The van der Waals surface area contributed by atoms with Crippen LogP contribution in [-0.2, 0) is 18.3 Å². The highest BCUT2D eigenvalue weighted by Gasteiger charge is 2.53. The van der Waals surface area contributed by atoms with Crippen molar-refractivity contribution in [1.82, 2.24) is 4.98 Å². The quantitative estimate of drug-likeness (QED) is 0.456. The zero-order valence-corrected chi connectivity index (χ0v) is 17.3. The second-order valence-corrected chi connectivity index (χ2v) is 9.19. The molecule has 2 aromatic carbocycles. The smallest absolute Gasteiger partial charge is 0.394 e. The van der Waals surface area contributed by atoms with Crippen molar-refractivity contribution < 1.29 is 22.3 Å². The van der Waals surface area contributed by atoms with Crippen LogP contribution in [0.25, 0.3) is 10.9 Å². The Kier molecular flexibility index (Phi) is 4.87. The summed E-state index contributed by atoms with van der Waals surface area (Å²) in [6, 6.07) is 11.9. The summed E-state index contributed by atoms with van der Waals surface area (Å²) < 4.78 is 62.8. The fourth-order valence-electron chi connectivity index (χ4n) is 4.77. The fraction of sp³-hybridized carbons (Fsp3) is 0.417. The summed E-state index contributed by atoms with van der Waals surface area (Å²) in [5, 5.41) is 0.572. The van der Waals surface area contributed by atoms with E-state index >= 15 is 0 Å².